The number of anilines is 2. The lowest BCUT2D eigenvalue weighted by atomic mass is 10.0. The zero-order valence-electron chi connectivity index (χ0n) is 11.0. The maximum Gasteiger partial charge on any atom is 0.130 e. The molecule has 0 bridgehead atoms. The van der Waals surface area contributed by atoms with Gasteiger partial charge in [-0.1, -0.05) is 0 Å². The maximum absolute atomic E-state index is 5.93. The van der Waals surface area contributed by atoms with Crippen LogP contribution in [0.15, 0.2) is 12.3 Å². The van der Waals surface area contributed by atoms with Gasteiger partial charge in [0.25, 0.3) is 0 Å². The molecule has 0 spiro atoms. The van der Waals surface area contributed by atoms with Crippen LogP contribution in [-0.2, 0) is 0 Å². The molecule has 1 aromatic heterocycles. The van der Waals surface area contributed by atoms with Gasteiger partial charge in [-0.05, 0) is 39.4 Å². The van der Waals surface area contributed by atoms with Crippen molar-refractivity contribution in [2.24, 2.45) is 0 Å². The Bertz CT molecular complexity index is 381. The highest BCUT2D eigenvalue weighted by Gasteiger charge is 2.21. The molecule has 94 valence electrons. The van der Waals surface area contributed by atoms with E-state index in [9.17, 15) is 0 Å². The number of nitrogens with zero attached hydrogens (tertiary/aromatic N) is 3. The molecule has 2 heterocycles. The van der Waals surface area contributed by atoms with Gasteiger partial charge in [0.15, 0.2) is 0 Å². The highest BCUT2D eigenvalue weighted by molar-refractivity contribution is 5.54. The Labute approximate surface area is 103 Å². The first kappa shape index (κ1) is 12.2. The van der Waals surface area contributed by atoms with Crippen molar-refractivity contribution >= 4 is 11.5 Å². The van der Waals surface area contributed by atoms with E-state index >= 15 is 0 Å². The third-order valence-corrected chi connectivity index (χ3v) is 3.65. The lowest BCUT2D eigenvalue weighted by molar-refractivity contribution is 0.249. The Morgan fingerprint density at radius 2 is 2.00 bits per heavy atom. The van der Waals surface area contributed by atoms with Crippen LogP contribution in [0, 0.1) is 6.92 Å². The summed E-state index contributed by atoms with van der Waals surface area (Å²) in [6, 6.07) is 2.69. The van der Waals surface area contributed by atoms with Crippen LogP contribution in [0.2, 0.25) is 0 Å². The van der Waals surface area contributed by atoms with E-state index in [-0.39, 0.29) is 0 Å². The van der Waals surface area contributed by atoms with Gasteiger partial charge in [0.1, 0.15) is 5.82 Å². The highest BCUT2D eigenvalue weighted by atomic mass is 15.2. The van der Waals surface area contributed by atoms with Gasteiger partial charge in [-0.3, -0.25) is 0 Å². The summed E-state index contributed by atoms with van der Waals surface area (Å²) in [5.74, 6) is 1.02. The maximum atomic E-state index is 5.93. The predicted octanol–water partition coefficient (Wildman–Crippen LogP) is 1.50. The van der Waals surface area contributed by atoms with Gasteiger partial charge >= 0.3 is 0 Å². The molecule has 0 unspecified atom stereocenters. The average Bonchev–Trinajstić information content (AvgIpc) is 2.33. The molecule has 0 radical (unpaired) electrons. The van der Waals surface area contributed by atoms with Crippen LogP contribution in [0.25, 0.3) is 0 Å². The van der Waals surface area contributed by atoms with E-state index in [0.717, 1.165) is 30.2 Å². The fourth-order valence-electron chi connectivity index (χ4n) is 2.31. The van der Waals surface area contributed by atoms with Gasteiger partial charge in [0.2, 0.25) is 0 Å². The minimum Gasteiger partial charge on any atom is -0.398 e. The Morgan fingerprint density at radius 1 is 1.35 bits per heavy atom. The second-order valence-corrected chi connectivity index (χ2v) is 5.08. The minimum atomic E-state index is 0.703. The van der Waals surface area contributed by atoms with E-state index < -0.39 is 0 Å². The molecule has 0 atom stereocenters. The van der Waals surface area contributed by atoms with Crippen LogP contribution in [0.4, 0.5) is 11.5 Å². The fraction of sp³-hybridized carbons (Fsp3) is 0.615. The largest absolute Gasteiger partial charge is 0.398 e. The second kappa shape index (κ2) is 4.92. The molecule has 17 heavy (non-hydrogen) atoms. The van der Waals surface area contributed by atoms with Gasteiger partial charge in [-0.2, -0.15) is 0 Å². The van der Waals surface area contributed by atoms with Crippen molar-refractivity contribution in [3.05, 3.63) is 17.8 Å². The number of aromatic nitrogens is 1. The van der Waals surface area contributed by atoms with Crippen LogP contribution in [0.3, 0.4) is 0 Å². The van der Waals surface area contributed by atoms with Crippen molar-refractivity contribution in [2.75, 3.05) is 37.8 Å². The van der Waals surface area contributed by atoms with Gasteiger partial charge in [0.05, 0.1) is 0 Å². The van der Waals surface area contributed by atoms with E-state index in [0.29, 0.717) is 6.04 Å². The quantitative estimate of drug-likeness (QED) is 0.842. The first-order valence-electron chi connectivity index (χ1n) is 6.21. The van der Waals surface area contributed by atoms with Crippen molar-refractivity contribution < 1.29 is 0 Å². The number of hydrogen-bond acceptors (Lipinski definition) is 4. The molecule has 1 aliphatic heterocycles. The first-order chi connectivity index (χ1) is 8.08. The lowest BCUT2D eigenvalue weighted by Crippen LogP contribution is -2.42. The van der Waals surface area contributed by atoms with Crippen LogP contribution in [0.5, 0.6) is 0 Å². The molecule has 2 rings (SSSR count). The van der Waals surface area contributed by atoms with Crippen LogP contribution < -0.4 is 10.6 Å². The molecular weight excluding hydrogens is 212 g/mol. The topological polar surface area (TPSA) is 45.4 Å². The molecule has 0 saturated carbocycles. The number of nitrogen functional groups attached to an aromatic ring is 1. The number of pyridine rings is 1. The lowest BCUT2D eigenvalue weighted by Gasteiger charge is -2.35. The smallest absolute Gasteiger partial charge is 0.130 e. The SMILES string of the molecule is Cc1cnc(N2CCC(N(C)C)CC2)cc1N. The van der Waals surface area contributed by atoms with Crippen LogP contribution in [0.1, 0.15) is 18.4 Å². The van der Waals surface area contributed by atoms with E-state index in [1.807, 2.05) is 19.2 Å². The fourth-order valence-corrected chi connectivity index (χ4v) is 2.31. The summed E-state index contributed by atoms with van der Waals surface area (Å²) >= 11 is 0. The van der Waals surface area contributed by atoms with Crippen molar-refractivity contribution in [2.45, 2.75) is 25.8 Å². The molecule has 0 aliphatic carbocycles. The molecule has 1 fully saturated rings. The van der Waals surface area contributed by atoms with E-state index in [4.69, 9.17) is 5.73 Å². The first-order valence-corrected chi connectivity index (χ1v) is 6.21. The minimum absolute atomic E-state index is 0.703. The molecule has 4 heteroatoms. The normalized spacial score (nSPS) is 17.8. The van der Waals surface area contributed by atoms with E-state index in [2.05, 4.69) is 28.9 Å². The molecule has 0 amide bonds. The summed E-state index contributed by atoms with van der Waals surface area (Å²) in [4.78, 5) is 9.11. The van der Waals surface area contributed by atoms with Gasteiger partial charge in [-0.15, -0.1) is 0 Å². The summed E-state index contributed by atoms with van der Waals surface area (Å²) in [5.41, 5.74) is 7.82. The van der Waals surface area contributed by atoms with Crippen molar-refractivity contribution in [3.8, 4) is 0 Å². The molecule has 1 aromatic rings. The second-order valence-electron chi connectivity index (χ2n) is 5.08. The van der Waals surface area contributed by atoms with Crippen molar-refractivity contribution in [1.29, 1.82) is 0 Å². The number of hydrogen-bond donors (Lipinski definition) is 1. The molecule has 1 saturated heterocycles. The Hall–Kier alpha value is -1.29. The van der Waals surface area contributed by atoms with Crippen molar-refractivity contribution in [3.63, 3.8) is 0 Å². The predicted molar refractivity (Wildman–Crippen MR) is 72.3 cm³/mol. The van der Waals surface area contributed by atoms with Gasteiger partial charge in [-0.25, -0.2) is 4.98 Å². The standard InChI is InChI=1S/C13H22N4/c1-10-9-15-13(8-12(10)14)17-6-4-11(5-7-17)16(2)3/h8-9,11H,4-7H2,1-3H3,(H2,14,15). The van der Waals surface area contributed by atoms with Crippen LogP contribution in [-0.4, -0.2) is 43.1 Å². The Morgan fingerprint density at radius 3 is 2.53 bits per heavy atom. The number of aryl methyl sites for hydroxylation is 1. The zero-order valence-corrected chi connectivity index (χ0v) is 11.0. The van der Waals surface area contributed by atoms with E-state index in [1.54, 1.807) is 0 Å². The number of rotatable bonds is 2. The average molecular weight is 234 g/mol. The molecule has 2 N–H and O–H groups in total. The zero-order chi connectivity index (χ0) is 12.4. The highest BCUT2D eigenvalue weighted by Crippen LogP contribution is 2.22. The number of nitrogens with two attached hydrogens (primary N) is 1. The van der Waals surface area contributed by atoms with E-state index in [1.165, 1.54) is 12.8 Å². The Kier molecular flexibility index (Phi) is 3.52. The molecule has 1 aliphatic rings. The summed E-state index contributed by atoms with van der Waals surface area (Å²) in [6.07, 6.45) is 4.26. The third kappa shape index (κ3) is 2.69. The summed E-state index contributed by atoms with van der Waals surface area (Å²) < 4.78 is 0. The van der Waals surface area contributed by atoms with Crippen molar-refractivity contribution in [1.82, 2.24) is 9.88 Å². The summed E-state index contributed by atoms with van der Waals surface area (Å²) in [5, 5.41) is 0. The third-order valence-electron chi connectivity index (χ3n) is 3.65. The summed E-state index contributed by atoms with van der Waals surface area (Å²) in [6.45, 7) is 4.13. The van der Waals surface area contributed by atoms with Gasteiger partial charge < -0.3 is 15.5 Å². The Balaban J connectivity index is 2.03. The molecule has 4 nitrogen and oxygen atoms in total. The molecular formula is C13H22N4. The monoisotopic (exact) mass is 234 g/mol. The van der Waals surface area contributed by atoms with Crippen LogP contribution >= 0.6 is 0 Å². The molecule has 0 aromatic carbocycles. The number of piperidine rings is 1. The summed E-state index contributed by atoms with van der Waals surface area (Å²) in [7, 11) is 4.31. The van der Waals surface area contributed by atoms with Gasteiger partial charge in [0, 0.05) is 37.1 Å².